The number of ether oxygens (including phenoxy) is 2. The Kier molecular flexibility index (Phi) is 7.04. The summed E-state index contributed by atoms with van der Waals surface area (Å²) in [6.07, 6.45) is 0.381. The number of aromatic hydroxyl groups is 1. The average Bonchev–Trinajstić information content (AvgIpc) is 2.40. The molecule has 5 nitrogen and oxygen atoms in total. The monoisotopic (exact) mass is 281 g/mol. The third-order valence-corrected chi connectivity index (χ3v) is 2.62. The molecular weight excluding hydrogens is 258 g/mol. The number of phenols is 1. The van der Waals surface area contributed by atoms with Crippen LogP contribution in [0.25, 0.3) is 0 Å². The van der Waals surface area contributed by atoms with Crippen LogP contribution in [0.5, 0.6) is 5.75 Å². The summed E-state index contributed by atoms with van der Waals surface area (Å²) in [5, 5.41) is 9.17. The van der Waals surface area contributed by atoms with Gasteiger partial charge in [0.25, 0.3) is 0 Å². The molecule has 0 radical (unpaired) electrons. The van der Waals surface area contributed by atoms with Gasteiger partial charge in [0.15, 0.2) is 0 Å². The minimum Gasteiger partial charge on any atom is -0.508 e. The first kappa shape index (κ1) is 16.5. The molecule has 0 unspecified atom stereocenters. The topological polar surface area (TPSA) is 81.8 Å². The molecule has 20 heavy (non-hydrogen) atoms. The molecular formula is C15H23NO4. The van der Waals surface area contributed by atoms with Crippen LogP contribution in [-0.2, 0) is 20.7 Å². The lowest BCUT2D eigenvalue weighted by Gasteiger charge is -2.12. The molecule has 112 valence electrons. The van der Waals surface area contributed by atoms with Gasteiger partial charge >= 0.3 is 5.97 Å². The van der Waals surface area contributed by atoms with Crippen LogP contribution in [0.3, 0.4) is 0 Å². The van der Waals surface area contributed by atoms with Gasteiger partial charge in [0, 0.05) is 6.61 Å². The number of rotatable bonds is 8. The van der Waals surface area contributed by atoms with E-state index in [0.29, 0.717) is 25.6 Å². The molecule has 0 amide bonds. The van der Waals surface area contributed by atoms with Gasteiger partial charge < -0.3 is 20.3 Å². The molecule has 5 heteroatoms. The highest BCUT2D eigenvalue weighted by molar-refractivity contribution is 5.75. The molecule has 3 N–H and O–H groups in total. The zero-order valence-electron chi connectivity index (χ0n) is 12.0. The zero-order valence-corrected chi connectivity index (χ0v) is 12.0. The van der Waals surface area contributed by atoms with Crippen molar-refractivity contribution >= 4 is 5.97 Å². The highest BCUT2D eigenvalue weighted by atomic mass is 16.6. The van der Waals surface area contributed by atoms with Crippen LogP contribution in [0.4, 0.5) is 0 Å². The van der Waals surface area contributed by atoms with E-state index in [1.54, 1.807) is 24.3 Å². The molecule has 1 aromatic carbocycles. The molecule has 1 rings (SSSR count). The van der Waals surface area contributed by atoms with Crippen LogP contribution in [0.15, 0.2) is 24.3 Å². The molecule has 0 aliphatic rings. The molecule has 0 aromatic heterocycles. The van der Waals surface area contributed by atoms with Crippen LogP contribution in [-0.4, -0.2) is 36.9 Å². The van der Waals surface area contributed by atoms with E-state index in [1.807, 2.05) is 0 Å². The molecule has 0 aliphatic carbocycles. The molecule has 1 atom stereocenters. The van der Waals surface area contributed by atoms with Gasteiger partial charge in [-0.05, 0) is 30.0 Å². The highest BCUT2D eigenvalue weighted by Gasteiger charge is 2.15. The van der Waals surface area contributed by atoms with E-state index in [0.717, 1.165) is 5.56 Å². The number of phenolic OH excluding ortho intramolecular Hbond substituents is 1. The summed E-state index contributed by atoms with van der Waals surface area (Å²) in [5.74, 6) is 0.209. The molecule has 1 aromatic rings. The van der Waals surface area contributed by atoms with E-state index in [2.05, 4.69) is 13.8 Å². The fraction of sp³-hybridized carbons (Fsp3) is 0.533. The van der Waals surface area contributed by atoms with Gasteiger partial charge in [0.05, 0.1) is 6.61 Å². The summed E-state index contributed by atoms with van der Waals surface area (Å²) in [6, 6.07) is 5.88. The second kappa shape index (κ2) is 8.55. The fourth-order valence-electron chi connectivity index (χ4n) is 1.60. The highest BCUT2D eigenvalue weighted by Crippen LogP contribution is 2.11. The summed E-state index contributed by atoms with van der Waals surface area (Å²) < 4.78 is 10.4. The van der Waals surface area contributed by atoms with Crippen molar-refractivity contribution in [3.63, 3.8) is 0 Å². The largest absolute Gasteiger partial charge is 0.508 e. The second-order valence-electron chi connectivity index (χ2n) is 5.11. The van der Waals surface area contributed by atoms with Gasteiger partial charge in [-0.1, -0.05) is 26.0 Å². The van der Waals surface area contributed by atoms with Crippen molar-refractivity contribution in [1.29, 1.82) is 0 Å². The third kappa shape index (κ3) is 6.54. The van der Waals surface area contributed by atoms with Gasteiger partial charge in [-0.3, -0.25) is 4.79 Å². The lowest BCUT2D eigenvalue weighted by molar-refractivity contribution is -0.146. The summed E-state index contributed by atoms with van der Waals surface area (Å²) in [5.41, 5.74) is 6.65. The predicted molar refractivity (Wildman–Crippen MR) is 76.4 cm³/mol. The van der Waals surface area contributed by atoms with E-state index in [1.165, 1.54) is 0 Å². The summed E-state index contributed by atoms with van der Waals surface area (Å²) in [4.78, 5) is 11.7. The minimum absolute atomic E-state index is 0.187. The Balaban J connectivity index is 2.23. The average molecular weight is 281 g/mol. The van der Waals surface area contributed by atoms with Gasteiger partial charge in [0.2, 0.25) is 0 Å². The summed E-state index contributed by atoms with van der Waals surface area (Å²) >= 11 is 0. The Labute approximate surface area is 119 Å². The van der Waals surface area contributed by atoms with Crippen molar-refractivity contribution in [3.05, 3.63) is 29.8 Å². The van der Waals surface area contributed by atoms with Crippen LogP contribution in [0, 0.1) is 5.92 Å². The number of hydrogen-bond donors (Lipinski definition) is 2. The number of hydrogen-bond acceptors (Lipinski definition) is 5. The van der Waals surface area contributed by atoms with Crippen LogP contribution in [0.1, 0.15) is 19.4 Å². The molecule has 0 bridgehead atoms. The van der Waals surface area contributed by atoms with E-state index < -0.39 is 12.0 Å². The maximum absolute atomic E-state index is 11.7. The van der Waals surface area contributed by atoms with E-state index >= 15 is 0 Å². The summed E-state index contributed by atoms with van der Waals surface area (Å²) in [6.45, 7) is 5.36. The fourth-order valence-corrected chi connectivity index (χ4v) is 1.60. The molecule has 0 aliphatic heterocycles. The van der Waals surface area contributed by atoms with Crippen molar-refractivity contribution in [1.82, 2.24) is 0 Å². The molecule has 0 spiro atoms. The van der Waals surface area contributed by atoms with Crippen LogP contribution in [0.2, 0.25) is 0 Å². The van der Waals surface area contributed by atoms with Crippen molar-refractivity contribution < 1.29 is 19.4 Å². The summed E-state index contributed by atoms with van der Waals surface area (Å²) in [7, 11) is 0. The Morgan fingerprint density at radius 1 is 1.25 bits per heavy atom. The number of benzene rings is 1. The van der Waals surface area contributed by atoms with Crippen molar-refractivity contribution in [3.8, 4) is 5.75 Å². The lowest BCUT2D eigenvalue weighted by Crippen LogP contribution is -2.35. The van der Waals surface area contributed by atoms with E-state index in [-0.39, 0.29) is 12.4 Å². The Bertz CT molecular complexity index is 403. The van der Waals surface area contributed by atoms with Gasteiger partial charge in [-0.2, -0.15) is 0 Å². The first-order valence-electron chi connectivity index (χ1n) is 6.77. The van der Waals surface area contributed by atoms with E-state index in [4.69, 9.17) is 20.3 Å². The molecule has 0 heterocycles. The first-order valence-corrected chi connectivity index (χ1v) is 6.77. The van der Waals surface area contributed by atoms with E-state index in [9.17, 15) is 4.79 Å². The Morgan fingerprint density at radius 3 is 2.50 bits per heavy atom. The first-order chi connectivity index (χ1) is 9.49. The number of carbonyl (C=O) groups is 1. The van der Waals surface area contributed by atoms with Crippen LogP contribution >= 0.6 is 0 Å². The Morgan fingerprint density at radius 2 is 1.90 bits per heavy atom. The van der Waals surface area contributed by atoms with Crippen molar-refractivity contribution in [2.45, 2.75) is 26.3 Å². The van der Waals surface area contributed by atoms with Gasteiger partial charge in [0.1, 0.15) is 18.4 Å². The van der Waals surface area contributed by atoms with Gasteiger partial charge in [-0.25, -0.2) is 0 Å². The second-order valence-corrected chi connectivity index (χ2v) is 5.11. The predicted octanol–water partition coefficient (Wildman–Crippen LogP) is 1.48. The smallest absolute Gasteiger partial charge is 0.323 e. The van der Waals surface area contributed by atoms with Crippen LogP contribution < -0.4 is 5.73 Å². The van der Waals surface area contributed by atoms with Crippen molar-refractivity contribution in [2.24, 2.45) is 11.7 Å². The molecule has 0 fully saturated rings. The molecule has 0 saturated carbocycles. The Hall–Kier alpha value is -1.59. The minimum atomic E-state index is -0.704. The zero-order chi connectivity index (χ0) is 15.0. The number of esters is 1. The SMILES string of the molecule is CC(C)COCCOC(=O)[C@@H](N)Cc1ccc(O)cc1. The van der Waals surface area contributed by atoms with Gasteiger partial charge in [-0.15, -0.1) is 0 Å². The van der Waals surface area contributed by atoms with Crippen molar-refractivity contribution in [2.75, 3.05) is 19.8 Å². The standard InChI is InChI=1S/C15H23NO4/c1-11(2)10-19-7-8-20-15(18)14(16)9-12-3-5-13(17)6-4-12/h3-6,11,14,17H,7-10,16H2,1-2H3/t14-/m0/s1. The maximum Gasteiger partial charge on any atom is 0.323 e. The number of nitrogens with two attached hydrogens (primary N) is 1. The molecule has 0 saturated heterocycles. The lowest BCUT2D eigenvalue weighted by atomic mass is 10.1. The quantitative estimate of drug-likeness (QED) is 0.557. The normalized spacial score (nSPS) is 12.4. The number of carbonyl (C=O) groups excluding carboxylic acids is 1. The third-order valence-electron chi connectivity index (χ3n) is 2.62. The maximum atomic E-state index is 11.7.